The Morgan fingerprint density at radius 3 is 2.68 bits per heavy atom. The van der Waals surface area contributed by atoms with E-state index in [4.69, 9.17) is 21.1 Å². The molecule has 1 aliphatic heterocycles. The summed E-state index contributed by atoms with van der Waals surface area (Å²) in [6.07, 6.45) is 1.25. The van der Waals surface area contributed by atoms with Crippen LogP contribution in [0.15, 0.2) is 35.7 Å². The molecule has 122 valence electrons. The molecule has 6 nitrogen and oxygen atoms in total. The molecule has 1 heterocycles. The fourth-order valence-corrected chi connectivity index (χ4v) is 2.54. The summed E-state index contributed by atoms with van der Waals surface area (Å²) >= 11 is 0. The fourth-order valence-electron chi connectivity index (χ4n) is 2.54. The standard InChI is InChI=1S/C16H26N4O2/c1-12(17)16(19-18)11-22-15-7-8-20(10-15)9-13-3-5-14(21-2)6-4-13/h3-6,15,19H,7-11,17-18H2,1-2H3/b16-12-. The van der Waals surface area contributed by atoms with Crippen molar-refractivity contribution in [3.8, 4) is 5.75 Å². The molecule has 22 heavy (non-hydrogen) atoms. The minimum atomic E-state index is 0.223. The molecule has 6 heteroatoms. The predicted molar refractivity (Wildman–Crippen MR) is 86.8 cm³/mol. The second kappa shape index (κ2) is 8.03. The first-order chi connectivity index (χ1) is 10.6. The predicted octanol–water partition coefficient (Wildman–Crippen LogP) is 0.940. The maximum absolute atomic E-state index is 5.88. The first kappa shape index (κ1) is 16.6. The molecule has 0 saturated carbocycles. The van der Waals surface area contributed by atoms with Gasteiger partial charge in [0.15, 0.2) is 0 Å². The Hall–Kier alpha value is -1.76. The van der Waals surface area contributed by atoms with Crippen LogP contribution in [0.2, 0.25) is 0 Å². The van der Waals surface area contributed by atoms with E-state index in [1.807, 2.05) is 19.1 Å². The summed E-state index contributed by atoms with van der Waals surface area (Å²) in [5, 5.41) is 0. The zero-order chi connectivity index (χ0) is 15.9. The van der Waals surface area contributed by atoms with Crippen molar-refractivity contribution < 1.29 is 9.47 Å². The number of rotatable bonds is 7. The quantitative estimate of drug-likeness (QED) is 0.513. The van der Waals surface area contributed by atoms with Crippen molar-refractivity contribution in [2.24, 2.45) is 11.6 Å². The van der Waals surface area contributed by atoms with E-state index in [-0.39, 0.29) is 6.10 Å². The largest absolute Gasteiger partial charge is 0.497 e. The van der Waals surface area contributed by atoms with Crippen molar-refractivity contribution in [1.29, 1.82) is 0 Å². The molecule has 1 aliphatic rings. The summed E-state index contributed by atoms with van der Waals surface area (Å²) in [5.41, 5.74) is 11.0. The number of nitrogens with one attached hydrogen (secondary N) is 1. The molecular weight excluding hydrogens is 280 g/mol. The van der Waals surface area contributed by atoms with Crippen molar-refractivity contribution in [3.63, 3.8) is 0 Å². The molecule has 0 spiro atoms. The minimum absolute atomic E-state index is 0.223. The van der Waals surface area contributed by atoms with Gasteiger partial charge in [-0.05, 0) is 31.0 Å². The van der Waals surface area contributed by atoms with Crippen LogP contribution in [-0.2, 0) is 11.3 Å². The molecule has 1 aromatic rings. The smallest absolute Gasteiger partial charge is 0.118 e. The number of likely N-dealkylation sites (tertiary alicyclic amines) is 1. The van der Waals surface area contributed by atoms with Gasteiger partial charge in [0.25, 0.3) is 0 Å². The molecule has 1 atom stereocenters. The zero-order valence-corrected chi connectivity index (χ0v) is 13.3. The number of nitrogens with zero attached hydrogens (tertiary/aromatic N) is 1. The highest BCUT2D eigenvalue weighted by atomic mass is 16.5. The molecule has 0 aliphatic carbocycles. The number of hydrogen-bond acceptors (Lipinski definition) is 6. The van der Waals surface area contributed by atoms with Gasteiger partial charge in [0.1, 0.15) is 5.75 Å². The van der Waals surface area contributed by atoms with Gasteiger partial charge >= 0.3 is 0 Å². The van der Waals surface area contributed by atoms with Crippen LogP contribution in [0.1, 0.15) is 18.9 Å². The van der Waals surface area contributed by atoms with Crippen LogP contribution in [0.25, 0.3) is 0 Å². The Morgan fingerprint density at radius 1 is 1.36 bits per heavy atom. The first-order valence-corrected chi connectivity index (χ1v) is 7.51. The lowest BCUT2D eigenvalue weighted by atomic mass is 10.2. The number of hydrogen-bond donors (Lipinski definition) is 3. The summed E-state index contributed by atoms with van der Waals surface area (Å²) in [7, 11) is 1.68. The lowest BCUT2D eigenvalue weighted by Gasteiger charge is -2.17. The van der Waals surface area contributed by atoms with Gasteiger partial charge in [-0.15, -0.1) is 0 Å². The topological polar surface area (TPSA) is 85.8 Å². The third kappa shape index (κ3) is 4.62. The summed E-state index contributed by atoms with van der Waals surface area (Å²) < 4.78 is 11.1. The summed E-state index contributed by atoms with van der Waals surface area (Å²) in [6, 6.07) is 8.19. The van der Waals surface area contributed by atoms with Gasteiger partial charge in [-0.25, -0.2) is 0 Å². The third-order valence-corrected chi connectivity index (χ3v) is 3.91. The molecule has 1 aromatic carbocycles. The van der Waals surface area contributed by atoms with Gasteiger partial charge in [-0.2, -0.15) is 0 Å². The Kier molecular flexibility index (Phi) is 6.06. The van der Waals surface area contributed by atoms with Gasteiger partial charge in [0, 0.05) is 25.3 Å². The second-order valence-corrected chi connectivity index (χ2v) is 5.61. The number of nitrogens with two attached hydrogens (primary N) is 2. The molecule has 1 saturated heterocycles. The van der Waals surface area contributed by atoms with Crippen LogP contribution in [0.5, 0.6) is 5.75 Å². The van der Waals surface area contributed by atoms with Crippen LogP contribution in [0.4, 0.5) is 0 Å². The summed E-state index contributed by atoms with van der Waals surface area (Å²) in [6.45, 7) is 5.13. The van der Waals surface area contributed by atoms with Crippen molar-refractivity contribution in [1.82, 2.24) is 10.3 Å². The molecular formula is C16H26N4O2. The van der Waals surface area contributed by atoms with Crippen molar-refractivity contribution >= 4 is 0 Å². The number of allylic oxidation sites excluding steroid dienone is 1. The highest BCUT2D eigenvalue weighted by molar-refractivity contribution is 5.27. The van der Waals surface area contributed by atoms with Crippen LogP contribution in [-0.4, -0.2) is 37.8 Å². The van der Waals surface area contributed by atoms with Crippen molar-refractivity contribution in [3.05, 3.63) is 41.2 Å². The summed E-state index contributed by atoms with van der Waals surface area (Å²) in [4.78, 5) is 2.39. The van der Waals surface area contributed by atoms with E-state index in [0.717, 1.165) is 37.5 Å². The van der Waals surface area contributed by atoms with E-state index >= 15 is 0 Å². The molecule has 1 fully saturated rings. The number of hydrazine groups is 1. The van der Waals surface area contributed by atoms with Crippen molar-refractivity contribution in [2.75, 3.05) is 26.8 Å². The van der Waals surface area contributed by atoms with Crippen LogP contribution in [0, 0.1) is 0 Å². The Balaban J connectivity index is 1.78. The molecule has 0 bridgehead atoms. The summed E-state index contributed by atoms with van der Waals surface area (Å²) in [5.74, 6) is 6.31. The van der Waals surface area contributed by atoms with E-state index in [0.29, 0.717) is 12.3 Å². The molecule has 5 N–H and O–H groups in total. The maximum atomic E-state index is 5.88. The van der Waals surface area contributed by atoms with E-state index < -0.39 is 0 Å². The highest BCUT2D eigenvalue weighted by Gasteiger charge is 2.23. The maximum Gasteiger partial charge on any atom is 0.118 e. The lowest BCUT2D eigenvalue weighted by molar-refractivity contribution is 0.0717. The van der Waals surface area contributed by atoms with Gasteiger partial charge in [0.05, 0.1) is 25.5 Å². The third-order valence-electron chi connectivity index (χ3n) is 3.91. The van der Waals surface area contributed by atoms with Gasteiger partial charge < -0.3 is 20.6 Å². The lowest BCUT2D eigenvalue weighted by Crippen LogP contribution is -2.30. The highest BCUT2D eigenvalue weighted by Crippen LogP contribution is 2.18. The minimum Gasteiger partial charge on any atom is -0.497 e. The molecule has 0 radical (unpaired) electrons. The zero-order valence-electron chi connectivity index (χ0n) is 13.3. The van der Waals surface area contributed by atoms with E-state index in [9.17, 15) is 0 Å². The molecule has 0 aromatic heterocycles. The van der Waals surface area contributed by atoms with Crippen LogP contribution >= 0.6 is 0 Å². The molecule has 2 rings (SSSR count). The molecule has 0 amide bonds. The average molecular weight is 306 g/mol. The molecule has 1 unspecified atom stereocenters. The van der Waals surface area contributed by atoms with Gasteiger partial charge in [-0.1, -0.05) is 12.1 Å². The average Bonchev–Trinajstić information content (AvgIpc) is 2.96. The first-order valence-electron chi connectivity index (χ1n) is 7.51. The SMILES string of the molecule is COc1ccc(CN2CCC(OC/C(NN)=C(\C)N)C2)cc1. The van der Waals surface area contributed by atoms with Crippen LogP contribution < -0.4 is 21.7 Å². The van der Waals surface area contributed by atoms with Crippen LogP contribution in [0.3, 0.4) is 0 Å². The Morgan fingerprint density at radius 2 is 2.09 bits per heavy atom. The monoisotopic (exact) mass is 306 g/mol. The van der Waals surface area contributed by atoms with Crippen molar-refractivity contribution in [2.45, 2.75) is 26.0 Å². The number of methoxy groups -OCH3 is 1. The second-order valence-electron chi connectivity index (χ2n) is 5.61. The normalized spacial score (nSPS) is 19.9. The van der Waals surface area contributed by atoms with E-state index in [2.05, 4.69) is 22.5 Å². The fraction of sp³-hybridized carbons (Fsp3) is 0.500. The van der Waals surface area contributed by atoms with E-state index in [1.54, 1.807) is 7.11 Å². The Labute approximate surface area is 132 Å². The van der Waals surface area contributed by atoms with Gasteiger partial charge in [0.2, 0.25) is 0 Å². The van der Waals surface area contributed by atoms with Gasteiger partial charge in [-0.3, -0.25) is 10.7 Å². The number of benzene rings is 1. The Bertz CT molecular complexity index is 497. The van der Waals surface area contributed by atoms with E-state index in [1.165, 1.54) is 5.56 Å². The number of ether oxygens (including phenoxy) is 2.